The molecule has 0 amide bonds. The second-order valence-electron chi connectivity index (χ2n) is 15.5. The first-order valence-electron chi connectivity index (χ1n) is 16.6. The molecule has 2 saturated heterocycles. The van der Waals surface area contributed by atoms with Gasteiger partial charge >= 0.3 is 11.9 Å². The van der Waals surface area contributed by atoms with E-state index in [1.165, 1.54) is 64.6 Å². The standard InChI is InChI=1S/C34H64N2O6/c1-32(2,3)26-31(38)40-23-25-42-34(7,8)41-24-22-39-30(37)16-21-35-17-12-28(13-18-35)10-9-11-29-14-19-36(20-15-29)27-33(4,5)6/h28-29H,9-27H2,1-8H3. The van der Waals surface area contributed by atoms with Crippen LogP contribution in [-0.2, 0) is 28.5 Å². The normalized spacial score (nSPS) is 18.8. The van der Waals surface area contributed by atoms with Gasteiger partial charge in [-0.1, -0.05) is 60.8 Å². The minimum absolute atomic E-state index is 0.0989. The van der Waals surface area contributed by atoms with E-state index in [1.54, 1.807) is 13.8 Å². The van der Waals surface area contributed by atoms with Crippen molar-refractivity contribution in [3.05, 3.63) is 0 Å². The van der Waals surface area contributed by atoms with Gasteiger partial charge in [0.15, 0.2) is 5.79 Å². The SMILES string of the molecule is CC(C)(C)CC(=O)OCCOC(C)(C)OCCOC(=O)CCN1CCC(CCCC2CCN(CC(C)(C)C)CC2)CC1. The molecule has 8 nitrogen and oxygen atoms in total. The van der Waals surface area contributed by atoms with Crippen LogP contribution in [0.15, 0.2) is 0 Å². The lowest BCUT2D eigenvalue weighted by molar-refractivity contribution is -0.223. The fourth-order valence-corrected chi connectivity index (χ4v) is 6.03. The second kappa shape index (κ2) is 17.9. The predicted molar refractivity (Wildman–Crippen MR) is 168 cm³/mol. The highest BCUT2D eigenvalue weighted by atomic mass is 16.7. The van der Waals surface area contributed by atoms with E-state index in [0.29, 0.717) is 18.3 Å². The summed E-state index contributed by atoms with van der Waals surface area (Å²) in [5.41, 5.74) is 0.302. The van der Waals surface area contributed by atoms with Crippen LogP contribution in [0, 0.1) is 22.7 Å². The Balaban J connectivity index is 1.45. The lowest BCUT2D eigenvalue weighted by atomic mass is 9.86. The summed E-state index contributed by atoms with van der Waals surface area (Å²) < 4.78 is 22.0. The van der Waals surface area contributed by atoms with Gasteiger partial charge in [0, 0.05) is 13.1 Å². The molecule has 0 spiro atoms. The van der Waals surface area contributed by atoms with Gasteiger partial charge in [-0.05, 0) is 88.4 Å². The van der Waals surface area contributed by atoms with Gasteiger partial charge in [-0.3, -0.25) is 9.59 Å². The minimum Gasteiger partial charge on any atom is -0.463 e. The van der Waals surface area contributed by atoms with Crippen molar-refractivity contribution in [1.29, 1.82) is 0 Å². The smallest absolute Gasteiger partial charge is 0.307 e. The van der Waals surface area contributed by atoms with E-state index < -0.39 is 5.79 Å². The molecule has 2 fully saturated rings. The maximum atomic E-state index is 12.2. The molecule has 0 aromatic rings. The number of esters is 2. The number of likely N-dealkylation sites (tertiary alicyclic amines) is 2. The molecule has 2 heterocycles. The lowest BCUT2D eigenvalue weighted by Gasteiger charge is -2.36. The van der Waals surface area contributed by atoms with E-state index in [1.807, 2.05) is 20.8 Å². The van der Waals surface area contributed by atoms with E-state index >= 15 is 0 Å². The summed E-state index contributed by atoms with van der Waals surface area (Å²) in [6.45, 7) is 24.2. The summed E-state index contributed by atoms with van der Waals surface area (Å²) in [6.07, 6.45) is 10.2. The van der Waals surface area contributed by atoms with Crippen LogP contribution in [0.4, 0.5) is 0 Å². The third-order valence-electron chi connectivity index (χ3n) is 8.24. The fourth-order valence-electron chi connectivity index (χ4n) is 6.03. The number of hydrogen-bond donors (Lipinski definition) is 0. The Morgan fingerprint density at radius 3 is 1.60 bits per heavy atom. The van der Waals surface area contributed by atoms with E-state index in [2.05, 4.69) is 30.6 Å². The highest BCUT2D eigenvalue weighted by Crippen LogP contribution is 2.28. The summed E-state index contributed by atoms with van der Waals surface area (Å²) in [7, 11) is 0. The lowest BCUT2D eigenvalue weighted by Crippen LogP contribution is -2.39. The molecule has 8 heteroatoms. The molecule has 42 heavy (non-hydrogen) atoms. The Morgan fingerprint density at radius 2 is 1.12 bits per heavy atom. The molecule has 2 rings (SSSR count). The van der Waals surface area contributed by atoms with Gasteiger partial charge in [0.2, 0.25) is 0 Å². The van der Waals surface area contributed by atoms with Crippen molar-refractivity contribution in [2.45, 2.75) is 119 Å². The molecule has 0 radical (unpaired) electrons. The van der Waals surface area contributed by atoms with Crippen LogP contribution in [0.1, 0.15) is 113 Å². The zero-order valence-corrected chi connectivity index (χ0v) is 28.4. The molecule has 0 aromatic carbocycles. The first kappa shape index (κ1) is 37.0. The Labute approximate surface area is 257 Å². The molecule has 0 bridgehead atoms. The van der Waals surface area contributed by atoms with Crippen molar-refractivity contribution in [3.63, 3.8) is 0 Å². The molecule has 0 aliphatic carbocycles. The van der Waals surface area contributed by atoms with Gasteiger partial charge in [0.1, 0.15) is 13.2 Å². The van der Waals surface area contributed by atoms with Crippen molar-refractivity contribution >= 4 is 11.9 Å². The highest BCUT2D eigenvalue weighted by molar-refractivity contribution is 5.70. The maximum Gasteiger partial charge on any atom is 0.307 e. The van der Waals surface area contributed by atoms with Gasteiger partial charge < -0.3 is 28.7 Å². The van der Waals surface area contributed by atoms with Crippen molar-refractivity contribution in [3.8, 4) is 0 Å². The number of nitrogens with zero attached hydrogens (tertiary/aromatic N) is 2. The molecule has 0 N–H and O–H groups in total. The first-order chi connectivity index (χ1) is 19.6. The molecule has 0 atom stereocenters. The van der Waals surface area contributed by atoms with Gasteiger partial charge in [-0.2, -0.15) is 0 Å². The maximum absolute atomic E-state index is 12.2. The monoisotopic (exact) mass is 596 g/mol. The van der Waals surface area contributed by atoms with Crippen LogP contribution >= 0.6 is 0 Å². The molecular weight excluding hydrogens is 532 g/mol. The highest BCUT2D eigenvalue weighted by Gasteiger charge is 2.25. The number of carbonyl (C=O) groups excluding carboxylic acids is 2. The molecular formula is C34H64N2O6. The molecule has 0 unspecified atom stereocenters. The quantitative estimate of drug-likeness (QED) is 0.110. The zero-order chi connectivity index (χ0) is 31.2. The van der Waals surface area contributed by atoms with Gasteiger partial charge in [0.05, 0.1) is 26.1 Å². The van der Waals surface area contributed by atoms with Gasteiger partial charge in [-0.15, -0.1) is 0 Å². The summed E-state index contributed by atoms with van der Waals surface area (Å²) in [5.74, 6) is 0.503. The van der Waals surface area contributed by atoms with Crippen molar-refractivity contribution in [2.24, 2.45) is 22.7 Å². The van der Waals surface area contributed by atoms with Crippen molar-refractivity contribution in [2.75, 3.05) is 65.7 Å². The van der Waals surface area contributed by atoms with Gasteiger partial charge in [-0.25, -0.2) is 0 Å². The molecule has 2 aliphatic rings. The summed E-state index contributed by atoms with van der Waals surface area (Å²) in [5, 5.41) is 0. The summed E-state index contributed by atoms with van der Waals surface area (Å²) in [6, 6.07) is 0. The van der Waals surface area contributed by atoms with Crippen LogP contribution in [-0.4, -0.2) is 93.2 Å². The van der Waals surface area contributed by atoms with Crippen LogP contribution in [0.5, 0.6) is 0 Å². The molecule has 0 saturated carbocycles. The number of rotatable bonds is 17. The largest absolute Gasteiger partial charge is 0.463 e. The third-order valence-corrected chi connectivity index (χ3v) is 8.24. The number of piperidine rings is 2. The van der Waals surface area contributed by atoms with Crippen LogP contribution in [0.25, 0.3) is 0 Å². The van der Waals surface area contributed by atoms with E-state index in [9.17, 15) is 9.59 Å². The Bertz CT molecular complexity index is 772. The average molecular weight is 597 g/mol. The van der Waals surface area contributed by atoms with Crippen LogP contribution in [0.2, 0.25) is 0 Å². The number of ether oxygens (including phenoxy) is 4. The summed E-state index contributed by atoms with van der Waals surface area (Å²) in [4.78, 5) is 29.1. The number of hydrogen-bond acceptors (Lipinski definition) is 8. The molecule has 0 aromatic heterocycles. The topological polar surface area (TPSA) is 77.5 Å². The third kappa shape index (κ3) is 17.8. The zero-order valence-electron chi connectivity index (χ0n) is 28.4. The Kier molecular flexibility index (Phi) is 15.8. The number of carbonyl (C=O) groups is 2. The van der Waals surface area contributed by atoms with Crippen LogP contribution in [0.3, 0.4) is 0 Å². The van der Waals surface area contributed by atoms with E-state index in [4.69, 9.17) is 18.9 Å². The first-order valence-corrected chi connectivity index (χ1v) is 16.6. The predicted octanol–water partition coefficient (Wildman–Crippen LogP) is 6.31. The summed E-state index contributed by atoms with van der Waals surface area (Å²) >= 11 is 0. The molecule has 246 valence electrons. The fraction of sp³-hybridized carbons (Fsp3) is 0.941. The van der Waals surface area contributed by atoms with E-state index in [0.717, 1.165) is 31.5 Å². The Hall–Kier alpha value is -1.22. The average Bonchev–Trinajstić information content (AvgIpc) is 2.88. The van der Waals surface area contributed by atoms with E-state index in [-0.39, 0.29) is 43.8 Å². The second-order valence-corrected chi connectivity index (χ2v) is 15.5. The Morgan fingerprint density at radius 1 is 0.643 bits per heavy atom. The van der Waals surface area contributed by atoms with Crippen molar-refractivity contribution < 1.29 is 28.5 Å². The molecule has 2 aliphatic heterocycles. The minimum atomic E-state index is -0.850. The van der Waals surface area contributed by atoms with Gasteiger partial charge in [0.25, 0.3) is 0 Å². The van der Waals surface area contributed by atoms with Crippen LogP contribution < -0.4 is 0 Å². The van der Waals surface area contributed by atoms with Crippen molar-refractivity contribution in [1.82, 2.24) is 9.80 Å².